The van der Waals surface area contributed by atoms with E-state index < -0.39 is 6.10 Å². The van der Waals surface area contributed by atoms with Crippen LogP contribution in [0.1, 0.15) is 5.69 Å². The van der Waals surface area contributed by atoms with Gasteiger partial charge in [0.05, 0.1) is 12.6 Å². The van der Waals surface area contributed by atoms with E-state index in [9.17, 15) is 5.11 Å². The van der Waals surface area contributed by atoms with Gasteiger partial charge in [0, 0.05) is 23.6 Å². The maximum absolute atomic E-state index is 10.5. The van der Waals surface area contributed by atoms with Crippen LogP contribution in [0.2, 0.25) is 0 Å². The average molecular weight is 333 g/mol. The molecule has 1 unspecified atom stereocenters. The molecule has 2 N–H and O–H groups in total. The van der Waals surface area contributed by atoms with E-state index in [0.717, 1.165) is 22.9 Å². The number of rotatable bonds is 7. The van der Waals surface area contributed by atoms with Crippen molar-refractivity contribution in [2.45, 2.75) is 13.0 Å². The first-order chi connectivity index (χ1) is 12.2. The summed E-state index contributed by atoms with van der Waals surface area (Å²) in [5, 5.41) is 13.7. The van der Waals surface area contributed by atoms with E-state index in [1.54, 1.807) is 0 Å². The number of nitrogens with one attached hydrogen (secondary N) is 1. The van der Waals surface area contributed by atoms with Gasteiger partial charge in [-0.1, -0.05) is 42.5 Å². The van der Waals surface area contributed by atoms with Gasteiger partial charge in [0.2, 0.25) is 0 Å². The molecule has 4 nitrogen and oxygen atoms in total. The summed E-state index contributed by atoms with van der Waals surface area (Å²) in [7, 11) is 0. The van der Waals surface area contributed by atoms with Crippen molar-refractivity contribution >= 4 is 17.2 Å². The fraction of sp³-hybridized carbons (Fsp3) is 0.190. The van der Waals surface area contributed by atoms with Crippen molar-refractivity contribution in [2.75, 3.05) is 23.3 Å². The predicted molar refractivity (Wildman–Crippen MR) is 103 cm³/mol. The third kappa shape index (κ3) is 4.81. The Labute approximate surface area is 148 Å². The highest BCUT2D eigenvalue weighted by atomic mass is 16.3. The number of pyridine rings is 1. The van der Waals surface area contributed by atoms with Gasteiger partial charge in [0.1, 0.15) is 5.82 Å². The fourth-order valence-corrected chi connectivity index (χ4v) is 2.71. The lowest BCUT2D eigenvalue weighted by molar-refractivity contribution is 0.195. The lowest BCUT2D eigenvalue weighted by Gasteiger charge is -2.27. The second-order valence-electron chi connectivity index (χ2n) is 5.98. The Morgan fingerprint density at radius 3 is 2.04 bits per heavy atom. The molecule has 0 saturated carbocycles. The summed E-state index contributed by atoms with van der Waals surface area (Å²) in [6, 6.07) is 26.0. The van der Waals surface area contributed by atoms with Gasteiger partial charge >= 0.3 is 0 Å². The van der Waals surface area contributed by atoms with Crippen LogP contribution in [-0.4, -0.2) is 29.3 Å². The molecule has 2 aromatic carbocycles. The molecule has 4 heteroatoms. The molecule has 128 valence electrons. The molecular weight excluding hydrogens is 310 g/mol. The molecule has 0 aliphatic heterocycles. The minimum absolute atomic E-state index is 0.437. The number of aryl methyl sites for hydroxylation is 1. The minimum Gasteiger partial charge on any atom is -0.389 e. The zero-order chi connectivity index (χ0) is 17.5. The molecule has 25 heavy (non-hydrogen) atoms. The number of aliphatic hydroxyl groups is 1. The summed E-state index contributed by atoms with van der Waals surface area (Å²) >= 11 is 0. The predicted octanol–water partition coefficient (Wildman–Crippen LogP) is 4.00. The van der Waals surface area contributed by atoms with Crippen molar-refractivity contribution < 1.29 is 5.11 Å². The van der Waals surface area contributed by atoms with Crippen molar-refractivity contribution in [2.24, 2.45) is 0 Å². The molecule has 1 atom stereocenters. The number of aromatic nitrogens is 1. The highest BCUT2D eigenvalue weighted by Crippen LogP contribution is 2.25. The van der Waals surface area contributed by atoms with Crippen LogP contribution in [0.4, 0.5) is 17.2 Å². The molecule has 1 heterocycles. The van der Waals surface area contributed by atoms with Crippen molar-refractivity contribution in [3.8, 4) is 0 Å². The fourth-order valence-electron chi connectivity index (χ4n) is 2.71. The van der Waals surface area contributed by atoms with Crippen LogP contribution in [-0.2, 0) is 0 Å². The van der Waals surface area contributed by atoms with Gasteiger partial charge in [-0.3, -0.25) is 0 Å². The standard InChI is InChI=1S/C21H23N3O/c1-17-9-8-14-21(23-17)22-15-20(25)16-24(18-10-4-2-5-11-18)19-12-6-3-7-13-19/h2-14,20,25H,15-16H2,1H3,(H,22,23). The van der Waals surface area contributed by atoms with Crippen molar-refractivity contribution in [3.05, 3.63) is 84.6 Å². The van der Waals surface area contributed by atoms with E-state index in [1.807, 2.05) is 61.5 Å². The Morgan fingerprint density at radius 1 is 0.880 bits per heavy atom. The lowest BCUT2D eigenvalue weighted by atomic mass is 10.2. The van der Waals surface area contributed by atoms with E-state index in [2.05, 4.69) is 39.5 Å². The smallest absolute Gasteiger partial charge is 0.126 e. The summed E-state index contributed by atoms with van der Waals surface area (Å²) in [6.07, 6.45) is -0.539. The second-order valence-corrected chi connectivity index (χ2v) is 5.98. The van der Waals surface area contributed by atoms with Gasteiger partial charge in [0.15, 0.2) is 0 Å². The molecule has 0 aliphatic carbocycles. The summed E-state index contributed by atoms with van der Waals surface area (Å²) in [6.45, 7) is 2.88. The van der Waals surface area contributed by atoms with Crippen LogP contribution in [0, 0.1) is 6.92 Å². The summed E-state index contributed by atoms with van der Waals surface area (Å²) < 4.78 is 0. The minimum atomic E-state index is -0.539. The third-order valence-corrected chi connectivity index (χ3v) is 3.94. The quantitative estimate of drug-likeness (QED) is 0.686. The van der Waals surface area contributed by atoms with Crippen LogP contribution in [0.5, 0.6) is 0 Å². The summed E-state index contributed by atoms with van der Waals surface area (Å²) in [5.41, 5.74) is 3.07. The summed E-state index contributed by atoms with van der Waals surface area (Å²) in [4.78, 5) is 6.53. The Balaban J connectivity index is 1.69. The first-order valence-corrected chi connectivity index (χ1v) is 8.45. The number of para-hydroxylation sites is 2. The second kappa shape index (κ2) is 8.31. The average Bonchev–Trinajstić information content (AvgIpc) is 2.66. The number of nitrogens with zero attached hydrogens (tertiary/aromatic N) is 2. The normalized spacial score (nSPS) is 11.8. The largest absolute Gasteiger partial charge is 0.389 e. The molecule has 0 amide bonds. The molecule has 0 spiro atoms. The van der Waals surface area contributed by atoms with Crippen molar-refractivity contribution in [1.82, 2.24) is 4.98 Å². The van der Waals surface area contributed by atoms with Crippen LogP contribution in [0.15, 0.2) is 78.9 Å². The van der Waals surface area contributed by atoms with E-state index in [-0.39, 0.29) is 0 Å². The molecular formula is C21H23N3O. The van der Waals surface area contributed by atoms with Gasteiger partial charge in [-0.25, -0.2) is 4.98 Å². The Hall–Kier alpha value is -2.85. The zero-order valence-corrected chi connectivity index (χ0v) is 14.3. The maximum atomic E-state index is 10.5. The lowest BCUT2D eigenvalue weighted by Crippen LogP contribution is -2.33. The third-order valence-electron chi connectivity index (χ3n) is 3.94. The zero-order valence-electron chi connectivity index (χ0n) is 14.3. The molecule has 0 radical (unpaired) electrons. The van der Waals surface area contributed by atoms with Gasteiger partial charge in [0.25, 0.3) is 0 Å². The number of benzene rings is 2. The molecule has 0 saturated heterocycles. The first kappa shape index (κ1) is 17.0. The van der Waals surface area contributed by atoms with E-state index in [1.165, 1.54) is 0 Å². The van der Waals surface area contributed by atoms with Crippen molar-refractivity contribution in [1.29, 1.82) is 0 Å². The van der Waals surface area contributed by atoms with Crippen LogP contribution in [0.3, 0.4) is 0 Å². The van der Waals surface area contributed by atoms with Crippen LogP contribution < -0.4 is 10.2 Å². The van der Waals surface area contributed by atoms with E-state index in [4.69, 9.17) is 0 Å². The molecule has 3 aromatic rings. The first-order valence-electron chi connectivity index (χ1n) is 8.45. The van der Waals surface area contributed by atoms with Gasteiger partial charge < -0.3 is 15.3 Å². The van der Waals surface area contributed by atoms with Crippen LogP contribution >= 0.6 is 0 Å². The highest BCUT2D eigenvalue weighted by molar-refractivity contribution is 5.63. The number of hydrogen-bond acceptors (Lipinski definition) is 4. The van der Waals surface area contributed by atoms with E-state index >= 15 is 0 Å². The molecule has 0 fully saturated rings. The monoisotopic (exact) mass is 333 g/mol. The number of hydrogen-bond donors (Lipinski definition) is 2. The molecule has 0 aliphatic rings. The molecule has 3 rings (SSSR count). The highest BCUT2D eigenvalue weighted by Gasteiger charge is 2.14. The Bertz CT molecular complexity index is 738. The Kier molecular flexibility index (Phi) is 5.65. The number of aliphatic hydroxyl groups excluding tert-OH is 1. The maximum Gasteiger partial charge on any atom is 0.126 e. The van der Waals surface area contributed by atoms with Gasteiger partial charge in [-0.15, -0.1) is 0 Å². The molecule has 0 bridgehead atoms. The SMILES string of the molecule is Cc1cccc(NCC(O)CN(c2ccccc2)c2ccccc2)n1. The van der Waals surface area contributed by atoms with Gasteiger partial charge in [-0.2, -0.15) is 0 Å². The topological polar surface area (TPSA) is 48.4 Å². The van der Waals surface area contributed by atoms with E-state index in [0.29, 0.717) is 13.1 Å². The van der Waals surface area contributed by atoms with Crippen molar-refractivity contribution in [3.63, 3.8) is 0 Å². The Morgan fingerprint density at radius 2 is 1.48 bits per heavy atom. The van der Waals surface area contributed by atoms with Gasteiger partial charge in [-0.05, 0) is 43.3 Å². The van der Waals surface area contributed by atoms with Crippen LogP contribution in [0.25, 0.3) is 0 Å². The summed E-state index contributed by atoms with van der Waals surface area (Å²) in [5.74, 6) is 0.782. The molecule has 1 aromatic heterocycles. The number of anilines is 3.